The minimum atomic E-state index is -3.33. The van der Waals surface area contributed by atoms with E-state index in [1.54, 1.807) is 30.3 Å². The van der Waals surface area contributed by atoms with Gasteiger partial charge in [-0.25, -0.2) is 13.6 Å². The van der Waals surface area contributed by atoms with Crippen LogP contribution in [-0.2, 0) is 11.3 Å². The first kappa shape index (κ1) is 15.4. The topological polar surface area (TPSA) is 74.6 Å². The molecule has 2 rings (SSSR count). The third-order valence-electron chi connectivity index (χ3n) is 4.17. The zero-order chi connectivity index (χ0) is 15.9. The summed E-state index contributed by atoms with van der Waals surface area (Å²) in [5.74, 6) is -4.86. The first-order chi connectivity index (χ1) is 9.63. The molecular weight excluding hydrogens is 284 g/mol. The van der Waals surface area contributed by atoms with Gasteiger partial charge in [0.1, 0.15) is 6.54 Å². The van der Waals surface area contributed by atoms with Gasteiger partial charge in [-0.05, 0) is 0 Å². The highest BCUT2D eigenvalue weighted by atomic mass is 19.3. The molecule has 2 N–H and O–H groups in total. The van der Waals surface area contributed by atoms with E-state index in [0.29, 0.717) is 5.56 Å². The Hall–Kier alpha value is -2.02. The predicted molar refractivity (Wildman–Crippen MR) is 68.9 cm³/mol. The zero-order valence-corrected chi connectivity index (χ0v) is 11.4. The molecule has 1 fully saturated rings. The van der Waals surface area contributed by atoms with Crippen LogP contribution in [0.3, 0.4) is 0 Å². The van der Waals surface area contributed by atoms with E-state index >= 15 is 0 Å². The average Bonchev–Trinajstić information content (AvgIpc) is 2.59. The number of aliphatic carboxylic acids is 1. The minimum absolute atomic E-state index is 0.297. The summed E-state index contributed by atoms with van der Waals surface area (Å²) in [6.45, 7) is -0.248. The number of amides is 1. The van der Waals surface area contributed by atoms with Crippen LogP contribution >= 0.6 is 0 Å². The van der Waals surface area contributed by atoms with E-state index in [1.807, 2.05) is 0 Å². The van der Waals surface area contributed by atoms with Crippen molar-refractivity contribution in [2.24, 2.45) is 0 Å². The molecular formula is C14H16F2NO4+. The summed E-state index contributed by atoms with van der Waals surface area (Å²) in [7, 11) is 0. The molecule has 1 aliphatic heterocycles. The van der Waals surface area contributed by atoms with Gasteiger partial charge in [-0.2, -0.15) is 9.28 Å². The summed E-state index contributed by atoms with van der Waals surface area (Å²) in [6.07, 6.45) is -2.55. The predicted octanol–water partition coefficient (Wildman–Crippen LogP) is 2.56. The third-order valence-corrected chi connectivity index (χ3v) is 4.17. The molecule has 1 amide bonds. The number of halogens is 2. The van der Waals surface area contributed by atoms with Gasteiger partial charge in [-0.3, -0.25) is 0 Å². The number of quaternary nitrogens is 1. The number of carboxylic acids is 1. The summed E-state index contributed by atoms with van der Waals surface area (Å²) < 4.78 is 26.4. The number of hydrogen-bond acceptors (Lipinski definition) is 2. The summed E-state index contributed by atoms with van der Waals surface area (Å²) in [4.78, 5) is 23.2. The molecule has 0 bridgehead atoms. The van der Waals surface area contributed by atoms with E-state index in [2.05, 4.69) is 0 Å². The lowest BCUT2D eigenvalue weighted by molar-refractivity contribution is -0.900. The van der Waals surface area contributed by atoms with Crippen molar-refractivity contribution in [3.05, 3.63) is 35.9 Å². The van der Waals surface area contributed by atoms with Crippen molar-refractivity contribution in [1.82, 2.24) is 0 Å². The molecule has 0 spiro atoms. The van der Waals surface area contributed by atoms with Crippen molar-refractivity contribution in [1.29, 1.82) is 0 Å². The molecule has 5 nitrogen and oxygen atoms in total. The molecule has 1 saturated heterocycles. The molecule has 0 aliphatic carbocycles. The lowest BCUT2D eigenvalue weighted by Gasteiger charge is -2.38. The van der Waals surface area contributed by atoms with E-state index in [1.165, 1.54) is 0 Å². The van der Waals surface area contributed by atoms with Gasteiger partial charge in [0, 0.05) is 12.5 Å². The Morgan fingerprint density at radius 2 is 1.81 bits per heavy atom. The van der Waals surface area contributed by atoms with Crippen molar-refractivity contribution in [3.8, 4) is 0 Å². The Bertz CT molecular complexity index is 578. The second-order valence-corrected chi connectivity index (χ2v) is 5.66. The fraction of sp³-hybridized carbons (Fsp3) is 0.429. The number of likely N-dealkylation sites (tertiary alicyclic amines) is 1. The highest BCUT2D eigenvalue weighted by Crippen LogP contribution is 2.47. The Morgan fingerprint density at radius 3 is 2.29 bits per heavy atom. The normalized spacial score (nSPS) is 31.0. The number of rotatable bonds is 3. The van der Waals surface area contributed by atoms with Crippen LogP contribution in [0.5, 0.6) is 0 Å². The molecule has 114 valence electrons. The quantitative estimate of drug-likeness (QED) is 0.841. The maximum atomic E-state index is 13.8. The van der Waals surface area contributed by atoms with E-state index in [4.69, 9.17) is 0 Å². The summed E-state index contributed by atoms with van der Waals surface area (Å²) in [5, 5.41) is 18.9. The van der Waals surface area contributed by atoms with E-state index < -0.39 is 41.0 Å². The Balaban J connectivity index is 2.54. The Labute approximate surface area is 120 Å². The van der Waals surface area contributed by atoms with Crippen molar-refractivity contribution in [3.63, 3.8) is 0 Å². The highest BCUT2D eigenvalue weighted by Gasteiger charge is 2.71. The van der Waals surface area contributed by atoms with Crippen LogP contribution in [0, 0.1) is 0 Å². The Morgan fingerprint density at radius 1 is 1.24 bits per heavy atom. The first-order valence-electron chi connectivity index (χ1n) is 6.39. The lowest BCUT2D eigenvalue weighted by Crippen LogP contribution is -2.65. The Kier molecular flexibility index (Phi) is 3.49. The van der Waals surface area contributed by atoms with Crippen LogP contribution in [-0.4, -0.2) is 44.8 Å². The van der Waals surface area contributed by atoms with Gasteiger partial charge >= 0.3 is 18.0 Å². The van der Waals surface area contributed by atoms with E-state index in [-0.39, 0.29) is 6.54 Å². The van der Waals surface area contributed by atoms with Crippen LogP contribution in [0.2, 0.25) is 0 Å². The van der Waals surface area contributed by atoms with Gasteiger partial charge in [0.25, 0.3) is 0 Å². The molecule has 2 atom stereocenters. The maximum Gasteiger partial charge on any atom is 0.514 e. The van der Waals surface area contributed by atoms with Crippen LogP contribution in [0.4, 0.5) is 13.6 Å². The largest absolute Gasteiger partial charge is 0.514 e. The summed E-state index contributed by atoms with van der Waals surface area (Å²) in [5.41, 5.74) is -1.57. The zero-order valence-electron chi connectivity index (χ0n) is 11.4. The van der Waals surface area contributed by atoms with E-state index in [0.717, 1.165) is 6.92 Å². The van der Waals surface area contributed by atoms with Crippen LogP contribution < -0.4 is 0 Å². The van der Waals surface area contributed by atoms with Gasteiger partial charge < -0.3 is 10.2 Å². The van der Waals surface area contributed by atoms with Gasteiger partial charge in [0.2, 0.25) is 5.54 Å². The standard InChI is InChI=1S/C14H15F2NO4/c1-13(11(18)19)8-14(15,16)9-17(13,12(20)21)7-10-5-3-2-4-6-10/h2-6H,7-9H2,1H3,(H-,18,19,20,21)/p+1/t13-,17-/m1/s1. The van der Waals surface area contributed by atoms with Gasteiger partial charge in [0.05, 0.1) is 6.42 Å². The smallest absolute Gasteiger partial charge is 0.477 e. The molecule has 0 saturated carbocycles. The highest BCUT2D eigenvalue weighted by molar-refractivity contribution is 5.80. The molecule has 1 aromatic carbocycles. The second kappa shape index (κ2) is 4.77. The lowest BCUT2D eigenvalue weighted by atomic mass is 9.95. The number of carbonyl (C=O) groups is 2. The molecule has 1 aliphatic rings. The van der Waals surface area contributed by atoms with Gasteiger partial charge in [0.15, 0.2) is 6.54 Å². The van der Waals surface area contributed by atoms with Crippen molar-refractivity contribution < 1.29 is 33.1 Å². The second-order valence-electron chi connectivity index (χ2n) is 5.66. The minimum Gasteiger partial charge on any atom is -0.477 e. The molecule has 1 heterocycles. The molecule has 0 unspecified atom stereocenters. The third kappa shape index (κ3) is 2.37. The van der Waals surface area contributed by atoms with Crippen molar-refractivity contribution in [2.45, 2.75) is 31.4 Å². The van der Waals surface area contributed by atoms with Crippen molar-refractivity contribution >= 4 is 12.1 Å². The van der Waals surface area contributed by atoms with Crippen molar-refractivity contribution in [2.75, 3.05) is 6.54 Å². The molecule has 21 heavy (non-hydrogen) atoms. The number of alkyl halides is 2. The van der Waals surface area contributed by atoms with Gasteiger partial charge in [-0.15, -0.1) is 0 Å². The molecule has 0 aromatic heterocycles. The molecule has 7 heteroatoms. The van der Waals surface area contributed by atoms with Gasteiger partial charge in [-0.1, -0.05) is 30.3 Å². The average molecular weight is 300 g/mol. The van der Waals surface area contributed by atoms with E-state index in [9.17, 15) is 28.6 Å². The summed E-state index contributed by atoms with van der Waals surface area (Å²) >= 11 is 0. The summed E-state index contributed by atoms with van der Waals surface area (Å²) in [6, 6.07) is 8.22. The SMILES string of the molecule is C[C@]1(C(=O)O)CC(F)(F)C[N@+]1(Cc1ccccc1)C(=O)O. The van der Waals surface area contributed by atoms with Crippen LogP contribution in [0.25, 0.3) is 0 Å². The monoisotopic (exact) mass is 300 g/mol. The molecule has 0 radical (unpaired) electrons. The number of nitrogens with zero attached hydrogens (tertiary/aromatic N) is 1. The fourth-order valence-electron chi connectivity index (χ4n) is 3.01. The number of carboxylic acid groups (broad SMARTS) is 2. The van der Waals surface area contributed by atoms with Crippen LogP contribution in [0.1, 0.15) is 18.9 Å². The number of hydrogen-bond donors (Lipinski definition) is 2. The first-order valence-corrected chi connectivity index (χ1v) is 6.39. The maximum absolute atomic E-state index is 13.8. The fourth-order valence-corrected chi connectivity index (χ4v) is 3.01. The van der Waals surface area contributed by atoms with Crippen LogP contribution in [0.15, 0.2) is 30.3 Å². The number of benzene rings is 1. The molecule has 1 aromatic rings.